The standard InChI is InChI=1S/C26H17N4O2.Pt/c1-16-13-25(29-26-18(16)5-4-6-23(26)31)32-17-8-9-19-20-15-27-12-10-21(20)30(22(19)14-17)24-7-2-3-11-28-24;/h2-13,15,31H,1H3;/q-1;. The Morgan fingerprint density at radius 1 is 0.939 bits per heavy atom. The number of nitrogens with zero attached hydrogens (tertiary/aromatic N) is 4. The molecule has 0 saturated heterocycles. The fraction of sp³-hybridized carbons (Fsp3) is 0.0385. The van der Waals surface area contributed by atoms with Gasteiger partial charge in [-0.3, -0.25) is 4.98 Å². The van der Waals surface area contributed by atoms with E-state index < -0.39 is 0 Å². The van der Waals surface area contributed by atoms with Gasteiger partial charge in [-0.05, 0) is 42.1 Å². The third-order valence-electron chi connectivity index (χ3n) is 5.55. The van der Waals surface area contributed by atoms with Crippen LogP contribution < -0.4 is 4.74 Å². The molecule has 0 saturated carbocycles. The van der Waals surface area contributed by atoms with Crippen LogP contribution in [0.25, 0.3) is 38.5 Å². The number of phenolic OH excluding ortho intramolecular Hbond substituents is 1. The summed E-state index contributed by atoms with van der Waals surface area (Å²) in [6.45, 7) is 1.97. The smallest absolute Gasteiger partial charge is 0.217 e. The molecule has 33 heavy (non-hydrogen) atoms. The van der Waals surface area contributed by atoms with E-state index in [0.717, 1.165) is 38.6 Å². The molecule has 0 spiro atoms. The van der Waals surface area contributed by atoms with Gasteiger partial charge in [-0.25, -0.2) is 9.97 Å². The maximum absolute atomic E-state index is 10.2. The molecule has 4 heterocycles. The Bertz CT molecular complexity index is 1630. The summed E-state index contributed by atoms with van der Waals surface area (Å²) in [5.41, 5.74) is 3.31. The molecule has 0 bridgehead atoms. The second-order valence-corrected chi connectivity index (χ2v) is 7.55. The fourth-order valence-corrected chi connectivity index (χ4v) is 4.09. The minimum absolute atomic E-state index is 0. The number of pyridine rings is 3. The molecule has 1 N–H and O–H groups in total. The molecule has 0 fully saturated rings. The number of phenols is 1. The number of aryl methyl sites for hydroxylation is 1. The summed E-state index contributed by atoms with van der Waals surface area (Å²) in [6, 6.07) is 22.2. The molecule has 0 aliphatic carbocycles. The summed E-state index contributed by atoms with van der Waals surface area (Å²) in [5.74, 6) is 1.83. The molecule has 4 aromatic heterocycles. The molecule has 0 unspecified atom stereocenters. The van der Waals surface area contributed by atoms with Crippen LogP contribution in [0.1, 0.15) is 5.56 Å². The van der Waals surface area contributed by atoms with Crippen LogP contribution in [0.3, 0.4) is 0 Å². The minimum atomic E-state index is 0. The van der Waals surface area contributed by atoms with Gasteiger partial charge in [0.05, 0.1) is 0 Å². The number of ether oxygens (including phenoxy) is 1. The van der Waals surface area contributed by atoms with Crippen molar-refractivity contribution in [3.63, 3.8) is 0 Å². The number of aromatic hydroxyl groups is 1. The van der Waals surface area contributed by atoms with Crippen molar-refractivity contribution in [3.05, 3.63) is 90.9 Å². The Kier molecular flexibility index (Phi) is 5.31. The number of aromatic nitrogens is 4. The Morgan fingerprint density at radius 3 is 2.70 bits per heavy atom. The van der Waals surface area contributed by atoms with E-state index in [9.17, 15) is 5.11 Å². The Hall–Kier alpha value is -3.76. The first-order chi connectivity index (χ1) is 15.7. The molecule has 0 aliphatic heterocycles. The third kappa shape index (κ3) is 3.53. The number of fused-ring (bicyclic) bond motifs is 4. The average molecular weight is 613 g/mol. The molecule has 7 heteroatoms. The fourth-order valence-electron chi connectivity index (χ4n) is 4.09. The van der Waals surface area contributed by atoms with Crippen LogP contribution in [0, 0.1) is 13.0 Å². The molecule has 6 nitrogen and oxygen atoms in total. The largest absolute Gasteiger partial charge is 0.506 e. The van der Waals surface area contributed by atoms with Gasteiger partial charge in [0, 0.05) is 62.4 Å². The van der Waals surface area contributed by atoms with Gasteiger partial charge in [0.2, 0.25) is 5.88 Å². The van der Waals surface area contributed by atoms with E-state index in [0.29, 0.717) is 17.1 Å². The average Bonchev–Trinajstić information content (AvgIpc) is 3.14. The maximum atomic E-state index is 10.2. The summed E-state index contributed by atoms with van der Waals surface area (Å²) >= 11 is 0. The second kappa shape index (κ2) is 8.30. The monoisotopic (exact) mass is 612 g/mol. The van der Waals surface area contributed by atoms with Gasteiger partial charge in [0.15, 0.2) is 0 Å². The molecule has 0 radical (unpaired) electrons. The van der Waals surface area contributed by atoms with Gasteiger partial charge in [-0.15, -0.1) is 17.5 Å². The van der Waals surface area contributed by atoms with Gasteiger partial charge in [-0.1, -0.05) is 23.7 Å². The van der Waals surface area contributed by atoms with Crippen molar-refractivity contribution >= 4 is 32.7 Å². The van der Waals surface area contributed by atoms with E-state index in [2.05, 4.69) is 21.0 Å². The van der Waals surface area contributed by atoms with Crippen molar-refractivity contribution in [1.82, 2.24) is 19.5 Å². The molecular weight excluding hydrogens is 595 g/mol. The Morgan fingerprint density at radius 2 is 1.85 bits per heavy atom. The van der Waals surface area contributed by atoms with Crippen LogP contribution in [-0.2, 0) is 21.1 Å². The van der Waals surface area contributed by atoms with Crippen LogP contribution in [-0.4, -0.2) is 24.6 Å². The molecule has 164 valence electrons. The first-order valence-corrected chi connectivity index (χ1v) is 10.2. The molecule has 0 amide bonds. The molecule has 6 aromatic rings. The second-order valence-electron chi connectivity index (χ2n) is 7.55. The van der Waals surface area contributed by atoms with Crippen molar-refractivity contribution in [2.24, 2.45) is 0 Å². The molecule has 6 rings (SSSR count). The van der Waals surface area contributed by atoms with Gasteiger partial charge in [-0.2, -0.15) is 6.07 Å². The molecular formula is C26H17N4O2Pt-. The van der Waals surface area contributed by atoms with Crippen LogP contribution in [0.2, 0.25) is 0 Å². The van der Waals surface area contributed by atoms with E-state index >= 15 is 0 Å². The van der Waals surface area contributed by atoms with Gasteiger partial charge < -0.3 is 14.4 Å². The topological polar surface area (TPSA) is 73.1 Å². The van der Waals surface area contributed by atoms with Gasteiger partial charge in [0.25, 0.3) is 0 Å². The molecule has 0 aliphatic rings. The molecule has 2 aromatic carbocycles. The summed E-state index contributed by atoms with van der Waals surface area (Å²) in [7, 11) is 0. The zero-order chi connectivity index (χ0) is 21.7. The predicted molar refractivity (Wildman–Crippen MR) is 123 cm³/mol. The van der Waals surface area contributed by atoms with Crippen LogP contribution in [0.4, 0.5) is 0 Å². The van der Waals surface area contributed by atoms with Crippen LogP contribution in [0.5, 0.6) is 17.4 Å². The van der Waals surface area contributed by atoms with Crippen LogP contribution >= 0.6 is 0 Å². The van der Waals surface area contributed by atoms with Crippen molar-refractivity contribution in [3.8, 4) is 23.2 Å². The number of rotatable bonds is 3. The first kappa shape index (κ1) is 21.1. The van der Waals surface area contributed by atoms with E-state index in [1.165, 1.54) is 0 Å². The quantitative estimate of drug-likeness (QED) is 0.259. The third-order valence-corrected chi connectivity index (χ3v) is 5.55. The minimum Gasteiger partial charge on any atom is -0.506 e. The molecule has 0 atom stereocenters. The number of hydrogen-bond acceptors (Lipinski definition) is 5. The van der Waals surface area contributed by atoms with E-state index in [1.54, 1.807) is 24.5 Å². The van der Waals surface area contributed by atoms with Gasteiger partial charge >= 0.3 is 0 Å². The zero-order valence-corrected chi connectivity index (χ0v) is 19.7. The predicted octanol–water partition coefficient (Wildman–Crippen LogP) is 5.73. The van der Waals surface area contributed by atoms with E-state index in [-0.39, 0.29) is 26.8 Å². The number of para-hydroxylation sites is 1. The van der Waals surface area contributed by atoms with Crippen LogP contribution in [0.15, 0.2) is 79.3 Å². The van der Waals surface area contributed by atoms with Crippen molar-refractivity contribution in [2.45, 2.75) is 6.92 Å². The van der Waals surface area contributed by atoms with Crippen molar-refractivity contribution in [1.29, 1.82) is 0 Å². The van der Waals surface area contributed by atoms with E-state index in [1.807, 2.05) is 66.2 Å². The summed E-state index contributed by atoms with van der Waals surface area (Å²) in [5, 5.41) is 13.1. The number of benzene rings is 2. The summed E-state index contributed by atoms with van der Waals surface area (Å²) in [6.07, 6.45) is 5.39. The van der Waals surface area contributed by atoms with E-state index in [4.69, 9.17) is 4.74 Å². The normalized spacial score (nSPS) is 11.1. The van der Waals surface area contributed by atoms with Crippen molar-refractivity contribution in [2.75, 3.05) is 0 Å². The maximum Gasteiger partial charge on any atom is 0.217 e. The van der Waals surface area contributed by atoms with Crippen molar-refractivity contribution < 1.29 is 30.9 Å². The summed E-state index contributed by atoms with van der Waals surface area (Å²) in [4.78, 5) is 13.3. The Labute approximate surface area is 203 Å². The van der Waals surface area contributed by atoms with Gasteiger partial charge in [0.1, 0.15) is 17.1 Å². The summed E-state index contributed by atoms with van der Waals surface area (Å²) < 4.78 is 8.14. The number of hydrogen-bond donors (Lipinski definition) is 1. The SMILES string of the molecule is Cc1cc(Oc2[c-]c3c(cc2)c2cnccc2n3-c2ccccn2)nc2c(O)cccc12.[Pt]. The zero-order valence-electron chi connectivity index (χ0n) is 17.5. The Balaban J connectivity index is 0.00000228. The first-order valence-electron chi connectivity index (χ1n) is 10.2.